The Balaban J connectivity index is 0.00000256. The Bertz CT molecular complexity index is 240. The zero-order chi connectivity index (χ0) is 12.3. The van der Waals surface area contributed by atoms with Gasteiger partial charge in [0.2, 0.25) is 0 Å². The highest BCUT2D eigenvalue weighted by molar-refractivity contribution is 5.85. The van der Waals surface area contributed by atoms with Gasteiger partial charge in [0.15, 0.2) is 0 Å². The van der Waals surface area contributed by atoms with Gasteiger partial charge in [0, 0.05) is 6.54 Å². The molecule has 0 amide bonds. The summed E-state index contributed by atoms with van der Waals surface area (Å²) in [6, 6.07) is 0. The summed E-state index contributed by atoms with van der Waals surface area (Å²) in [7, 11) is 4.07. The van der Waals surface area contributed by atoms with Crippen molar-refractivity contribution in [3.05, 3.63) is 0 Å². The van der Waals surface area contributed by atoms with E-state index >= 15 is 0 Å². The molecule has 1 rings (SSSR count). The van der Waals surface area contributed by atoms with Gasteiger partial charge in [0.1, 0.15) is 0 Å². The Labute approximate surface area is 111 Å². The monoisotopic (exact) mass is 263 g/mol. The second-order valence-corrected chi connectivity index (χ2v) is 6.16. The maximum atomic E-state index is 11.0. The third kappa shape index (κ3) is 5.26. The Morgan fingerprint density at radius 1 is 1.29 bits per heavy atom. The van der Waals surface area contributed by atoms with Gasteiger partial charge in [0.05, 0.1) is 6.42 Å². The van der Waals surface area contributed by atoms with Gasteiger partial charge in [0.25, 0.3) is 0 Å². The molecule has 0 bridgehead atoms. The molecule has 0 radical (unpaired) electrons. The number of aliphatic carboxylic acids is 1. The Kier molecular flexibility index (Phi) is 6.49. The number of nitrogens with zero attached hydrogens (tertiary/aromatic N) is 1. The van der Waals surface area contributed by atoms with Gasteiger partial charge < -0.3 is 10.0 Å². The first-order chi connectivity index (χ1) is 7.33. The molecule has 1 unspecified atom stereocenters. The molecule has 0 aromatic heterocycles. The predicted molar refractivity (Wildman–Crippen MR) is 72.7 cm³/mol. The zero-order valence-corrected chi connectivity index (χ0v) is 12.2. The summed E-state index contributed by atoms with van der Waals surface area (Å²) in [6.07, 6.45) is 3.68. The topological polar surface area (TPSA) is 40.5 Å². The number of rotatable bonds is 4. The quantitative estimate of drug-likeness (QED) is 0.848. The van der Waals surface area contributed by atoms with Crippen LogP contribution in [-0.4, -0.2) is 36.6 Å². The highest BCUT2D eigenvalue weighted by Gasteiger charge is 2.39. The van der Waals surface area contributed by atoms with E-state index in [9.17, 15) is 4.79 Å². The molecular weight excluding hydrogens is 238 g/mol. The van der Waals surface area contributed by atoms with E-state index in [1.165, 1.54) is 6.42 Å². The van der Waals surface area contributed by atoms with Gasteiger partial charge in [-0.15, -0.1) is 12.4 Å². The molecular formula is C13H26ClNO2. The summed E-state index contributed by atoms with van der Waals surface area (Å²) >= 11 is 0. The van der Waals surface area contributed by atoms with Gasteiger partial charge in [-0.3, -0.25) is 4.79 Å². The van der Waals surface area contributed by atoms with Gasteiger partial charge in [-0.2, -0.15) is 0 Å². The largest absolute Gasteiger partial charge is 0.481 e. The van der Waals surface area contributed by atoms with Crippen molar-refractivity contribution in [1.82, 2.24) is 4.90 Å². The van der Waals surface area contributed by atoms with Gasteiger partial charge >= 0.3 is 5.97 Å². The number of carboxylic acid groups (broad SMARTS) is 1. The van der Waals surface area contributed by atoms with Crippen LogP contribution >= 0.6 is 12.4 Å². The third-order valence-corrected chi connectivity index (χ3v) is 3.55. The summed E-state index contributed by atoms with van der Waals surface area (Å²) in [5.74, 6) is 0.661. The predicted octanol–water partition coefficient (Wildman–Crippen LogP) is 2.89. The molecule has 3 nitrogen and oxygen atoms in total. The summed E-state index contributed by atoms with van der Waals surface area (Å²) < 4.78 is 0. The van der Waals surface area contributed by atoms with E-state index in [1.807, 2.05) is 14.1 Å². The van der Waals surface area contributed by atoms with Crippen molar-refractivity contribution in [3.8, 4) is 0 Å². The van der Waals surface area contributed by atoms with E-state index in [4.69, 9.17) is 5.11 Å². The Morgan fingerprint density at radius 2 is 1.76 bits per heavy atom. The second kappa shape index (κ2) is 6.60. The molecule has 1 N–H and O–H groups in total. The lowest BCUT2D eigenvalue weighted by molar-refractivity contribution is -0.141. The van der Waals surface area contributed by atoms with Crippen LogP contribution in [-0.2, 0) is 4.79 Å². The van der Waals surface area contributed by atoms with Gasteiger partial charge in [-0.1, -0.05) is 13.8 Å². The number of hydrogen-bond donors (Lipinski definition) is 1. The lowest BCUT2D eigenvalue weighted by atomic mass is 9.64. The molecule has 1 aliphatic carbocycles. The molecule has 0 aromatic rings. The van der Waals surface area contributed by atoms with E-state index in [-0.39, 0.29) is 17.8 Å². The van der Waals surface area contributed by atoms with Crippen molar-refractivity contribution in [2.75, 3.05) is 20.6 Å². The van der Waals surface area contributed by atoms with Crippen molar-refractivity contribution >= 4 is 18.4 Å². The third-order valence-electron chi connectivity index (χ3n) is 3.55. The van der Waals surface area contributed by atoms with Crippen LogP contribution < -0.4 is 0 Å². The van der Waals surface area contributed by atoms with Crippen LogP contribution in [0.1, 0.15) is 39.5 Å². The minimum Gasteiger partial charge on any atom is -0.481 e. The molecule has 0 saturated heterocycles. The van der Waals surface area contributed by atoms with Crippen LogP contribution in [0.15, 0.2) is 0 Å². The Morgan fingerprint density at radius 3 is 2.12 bits per heavy atom. The van der Waals surface area contributed by atoms with E-state index in [2.05, 4.69) is 18.7 Å². The van der Waals surface area contributed by atoms with Crippen molar-refractivity contribution in [2.24, 2.45) is 17.3 Å². The first kappa shape index (κ1) is 16.7. The van der Waals surface area contributed by atoms with E-state index in [0.29, 0.717) is 18.3 Å². The zero-order valence-electron chi connectivity index (χ0n) is 11.4. The maximum absolute atomic E-state index is 11.0. The minimum absolute atomic E-state index is 0. The fraction of sp³-hybridized carbons (Fsp3) is 0.923. The number of hydrogen-bond acceptors (Lipinski definition) is 2. The first-order valence-electron chi connectivity index (χ1n) is 6.19. The number of carboxylic acids is 1. The van der Waals surface area contributed by atoms with Crippen LogP contribution in [0.4, 0.5) is 0 Å². The van der Waals surface area contributed by atoms with Gasteiger partial charge in [-0.25, -0.2) is 0 Å². The number of halogens is 1. The van der Waals surface area contributed by atoms with Crippen molar-refractivity contribution < 1.29 is 9.90 Å². The fourth-order valence-electron chi connectivity index (χ4n) is 3.74. The fourth-order valence-corrected chi connectivity index (χ4v) is 3.74. The normalized spacial score (nSPS) is 33.2. The smallest absolute Gasteiger partial charge is 0.303 e. The number of carbonyl (C=O) groups is 1. The average Bonchev–Trinajstić information content (AvgIpc) is 1.95. The van der Waals surface area contributed by atoms with Crippen LogP contribution in [0.25, 0.3) is 0 Å². The van der Waals surface area contributed by atoms with E-state index in [0.717, 1.165) is 19.4 Å². The van der Waals surface area contributed by atoms with Crippen molar-refractivity contribution in [3.63, 3.8) is 0 Å². The molecule has 4 heteroatoms. The lowest BCUT2D eigenvalue weighted by Gasteiger charge is -2.43. The summed E-state index contributed by atoms with van der Waals surface area (Å²) in [4.78, 5) is 13.2. The molecule has 0 aromatic carbocycles. The van der Waals surface area contributed by atoms with Crippen LogP contribution in [0.2, 0.25) is 0 Å². The first-order valence-corrected chi connectivity index (χ1v) is 6.19. The van der Waals surface area contributed by atoms with E-state index in [1.54, 1.807) is 0 Å². The van der Waals surface area contributed by atoms with E-state index < -0.39 is 5.97 Å². The molecule has 1 fully saturated rings. The summed E-state index contributed by atoms with van der Waals surface area (Å²) in [6.45, 7) is 5.40. The lowest BCUT2D eigenvalue weighted by Crippen LogP contribution is -2.41. The van der Waals surface area contributed by atoms with Crippen molar-refractivity contribution in [1.29, 1.82) is 0 Å². The molecule has 1 saturated carbocycles. The molecule has 0 aliphatic heterocycles. The highest BCUT2D eigenvalue weighted by atomic mass is 35.5. The van der Waals surface area contributed by atoms with Crippen molar-refractivity contribution in [2.45, 2.75) is 39.5 Å². The molecule has 0 spiro atoms. The molecule has 0 heterocycles. The molecule has 1 aliphatic rings. The Hall–Kier alpha value is -0.280. The molecule has 17 heavy (non-hydrogen) atoms. The summed E-state index contributed by atoms with van der Waals surface area (Å²) in [5.41, 5.74) is -0.00752. The van der Waals surface area contributed by atoms with Crippen LogP contribution in [0.5, 0.6) is 0 Å². The molecule has 102 valence electrons. The average molecular weight is 264 g/mol. The summed E-state index contributed by atoms with van der Waals surface area (Å²) in [5, 5.41) is 9.10. The maximum Gasteiger partial charge on any atom is 0.303 e. The standard InChI is InChI=1S/C13H25NO2.ClH/c1-10-5-11(2)7-13(6-10,8-12(15)16)9-14(3)4;/h10-11H,5-9H2,1-4H3,(H,15,16);1H/t10-,11+,13?;. The molecule has 3 atom stereocenters. The highest BCUT2D eigenvalue weighted by Crippen LogP contribution is 2.44. The van der Waals surface area contributed by atoms with Crippen LogP contribution in [0.3, 0.4) is 0 Å². The second-order valence-electron chi connectivity index (χ2n) is 6.16. The van der Waals surface area contributed by atoms with Crippen LogP contribution in [0, 0.1) is 17.3 Å². The van der Waals surface area contributed by atoms with Gasteiger partial charge in [-0.05, 0) is 50.6 Å². The SMILES string of the molecule is C[C@@H]1C[C@H](C)CC(CC(=O)O)(CN(C)C)C1.Cl. The minimum atomic E-state index is -0.650.